The Morgan fingerprint density at radius 3 is 2.75 bits per heavy atom. The monoisotopic (exact) mass is 469 g/mol. The lowest BCUT2D eigenvalue weighted by atomic mass is 9.91. The van der Waals surface area contributed by atoms with E-state index in [4.69, 9.17) is 23.2 Å². The van der Waals surface area contributed by atoms with Crippen molar-refractivity contribution >= 4 is 34.8 Å². The summed E-state index contributed by atoms with van der Waals surface area (Å²) in [5, 5.41) is 4.07. The Labute approximate surface area is 196 Å². The van der Waals surface area contributed by atoms with E-state index in [0.717, 1.165) is 22.5 Å². The molecule has 164 valence electrons. The standard InChI is InChI=1S/C25H22Cl2FN3O/c1-16-5-4-12-31-23(15-30-25(16)31)20(19-6-2-3-7-22(19)28)14-24(32)29-11-10-17-8-9-18(26)13-21(17)27/h2-9,12-13,15,20H,10-11,14H2,1H3,(H,29,32). The first-order chi connectivity index (χ1) is 15.4. The van der Waals surface area contributed by atoms with Gasteiger partial charge in [-0.3, -0.25) is 4.79 Å². The predicted octanol–water partition coefficient (Wildman–Crippen LogP) is 5.97. The molecule has 2 aromatic heterocycles. The third-order valence-electron chi connectivity index (χ3n) is 5.52. The normalized spacial score (nSPS) is 12.1. The number of amides is 1. The third kappa shape index (κ3) is 4.79. The van der Waals surface area contributed by atoms with Crippen molar-refractivity contribution in [2.24, 2.45) is 0 Å². The topological polar surface area (TPSA) is 46.4 Å². The number of pyridine rings is 1. The number of halogens is 3. The van der Waals surface area contributed by atoms with Crippen molar-refractivity contribution in [2.45, 2.75) is 25.7 Å². The molecule has 1 amide bonds. The first-order valence-corrected chi connectivity index (χ1v) is 11.1. The van der Waals surface area contributed by atoms with Crippen molar-refractivity contribution in [2.75, 3.05) is 6.54 Å². The van der Waals surface area contributed by atoms with E-state index < -0.39 is 5.92 Å². The quantitative estimate of drug-likeness (QED) is 0.362. The van der Waals surface area contributed by atoms with E-state index >= 15 is 0 Å². The molecule has 0 saturated heterocycles. The molecule has 0 aliphatic heterocycles. The van der Waals surface area contributed by atoms with Gasteiger partial charge in [0.25, 0.3) is 0 Å². The molecule has 4 nitrogen and oxygen atoms in total. The van der Waals surface area contributed by atoms with Crippen LogP contribution in [-0.4, -0.2) is 21.8 Å². The highest BCUT2D eigenvalue weighted by molar-refractivity contribution is 6.35. The van der Waals surface area contributed by atoms with Gasteiger partial charge in [-0.05, 0) is 54.3 Å². The molecular weight excluding hydrogens is 448 g/mol. The van der Waals surface area contributed by atoms with Crippen molar-refractivity contribution in [3.05, 3.63) is 105 Å². The van der Waals surface area contributed by atoms with Crippen LogP contribution in [0.2, 0.25) is 10.0 Å². The van der Waals surface area contributed by atoms with Gasteiger partial charge in [0, 0.05) is 41.3 Å². The van der Waals surface area contributed by atoms with Crippen molar-refractivity contribution in [3.63, 3.8) is 0 Å². The SMILES string of the molecule is Cc1cccn2c(C(CC(=O)NCCc3ccc(Cl)cc3Cl)c3ccccc3F)cnc12. The van der Waals surface area contributed by atoms with Crippen LogP contribution < -0.4 is 5.32 Å². The molecule has 32 heavy (non-hydrogen) atoms. The second-order valence-electron chi connectivity index (χ2n) is 7.68. The van der Waals surface area contributed by atoms with E-state index in [-0.39, 0.29) is 18.1 Å². The summed E-state index contributed by atoms with van der Waals surface area (Å²) in [7, 11) is 0. The number of aryl methyl sites for hydroxylation is 1. The molecule has 0 spiro atoms. The van der Waals surface area contributed by atoms with Crippen LogP contribution in [0.15, 0.2) is 67.0 Å². The lowest BCUT2D eigenvalue weighted by Crippen LogP contribution is -2.28. The van der Waals surface area contributed by atoms with E-state index in [9.17, 15) is 9.18 Å². The molecule has 4 aromatic rings. The number of nitrogens with zero attached hydrogens (tertiary/aromatic N) is 2. The lowest BCUT2D eigenvalue weighted by molar-refractivity contribution is -0.121. The molecule has 1 N–H and O–H groups in total. The fourth-order valence-electron chi connectivity index (χ4n) is 3.88. The number of hydrogen-bond acceptors (Lipinski definition) is 2. The Hall–Kier alpha value is -2.89. The maximum Gasteiger partial charge on any atom is 0.221 e. The number of hydrogen-bond donors (Lipinski definition) is 1. The molecule has 1 unspecified atom stereocenters. The minimum Gasteiger partial charge on any atom is -0.356 e. The van der Waals surface area contributed by atoms with Crippen molar-refractivity contribution in [1.29, 1.82) is 0 Å². The molecule has 0 fully saturated rings. The van der Waals surface area contributed by atoms with Crippen LogP contribution in [0, 0.1) is 12.7 Å². The first-order valence-electron chi connectivity index (χ1n) is 10.3. The largest absolute Gasteiger partial charge is 0.356 e. The minimum absolute atomic E-state index is 0.0943. The molecule has 7 heteroatoms. The number of carbonyl (C=O) groups is 1. The summed E-state index contributed by atoms with van der Waals surface area (Å²) in [5.41, 5.74) is 3.94. The summed E-state index contributed by atoms with van der Waals surface area (Å²) in [6.07, 6.45) is 4.27. The maximum atomic E-state index is 14.7. The van der Waals surface area contributed by atoms with Crippen LogP contribution in [0.25, 0.3) is 5.65 Å². The Bertz CT molecular complexity index is 1270. The highest BCUT2D eigenvalue weighted by Crippen LogP contribution is 2.31. The fraction of sp³-hybridized carbons (Fsp3) is 0.200. The molecule has 0 saturated carbocycles. The second-order valence-corrected chi connectivity index (χ2v) is 8.53. The number of aromatic nitrogens is 2. The van der Waals surface area contributed by atoms with Gasteiger partial charge in [0.2, 0.25) is 5.91 Å². The van der Waals surface area contributed by atoms with E-state index in [2.05, 4.69) is 10.3 Å². The number of benzene rings is 2. The average Bonchev–Trinajstić information content (AvgIpc) is 3.19. The Kier molecular flexibility index (Phi) is 6.77. The third-order valence-corrected chi connectivity index (χ3v) is 6.11. The van der Waals surface area contributed by atoms with Gasteiger partial charge in [0.05, 0.1) is 5.69 Å². The highest BCUT2D eigenvalue weighted by Gasteiger charge is 2.24. The van der Waals surface area contributed by atoms with Gasteiger partial charge in [0.15, 0.2) is 0 Å². The van der Waals surface area contributed by atoms with Gasteiger partial charge in [-0.25, -0.2) is 9.37 Å². The van der Waals surface area contributed by atoms with Crippen molar-refractivity contribution in [3.8, 4) is 0 Å². The Morgan fingerprint density at radius 2 is 1.97 bits per heavy atom. The molecular formula is C25H22Cl2FN3O. The number of nitrogens with one attached hydrogen (secondary N) is 1. The smallest absolute Gasteiger partial charge is 0.221 e. The van der Waals surface area contributed by atoms with Crippen LogP contribution in [0.1, 0.15) is 34.7 Å². The molecule has 2 heterocycles. The van der Waals surface area contributed by atoms with Gasteiger partial charge in [-0.1, -0.05) is 53.5 Å². The number of imidazole rings is 1. The summed E-state index contributed by atoms with van der Waals surface area (Å²) < 4.78 is 16.6. The zero-order chi connectivity index (χ0) is 22.7. The van der Waals surface area contributed by atoms with E-state index in [0.29, 0.717) is 28.6 Å². The van der Waals surface area contributed by atoms with Crippen LogP contribution in [0.3, 0.4) is 0 Å². The van der Waals surface area contributed by atoms with Crippen LogP contribution >= 0.6 is 23.2 Å². The minimum atomic E-state index is -0.480. The molecule has 0 bridgehead atoms. The summed E-state index contributed by atoms with van der Waals surface area (Å²) in [6, 6.07) is 15.7. The molecule has 0 aliphatic rings. The molecule has 0 aliphatic carbocycles. The highest BCUT2D eigenvalue weighted by atomic mass is 35.5. The van der Waals surface area contributed by atoms with Crippen molar-refractivity contribution in [1.82, 2.24) is 14.7 Å². The van der Waals surface area contributed by atoms with E-state index in [1.165, 1.54) is 6.07 Å². The molecule has 4 rings (SSSR count). The van der Waals surface area contributed by atoms with Gasteiger partial charge in [-0.15, -0.1) is 0 Å². The van der Waals surface area contributed by atoms with Gasteiger partial charge < -0.3 is 9.72 Å². The van der Waals surface area contributed by atoms with E-state index in [1.807, 2.05) is 35.7 Å². The maximum absolute atomic E-state index is 14.7. The Balaban J connectivity index is 1.55. The number of rotatable bonds is 7. The predicted molar refractivity (Wildman–Crippen MR) is 126 cm³/mol. The summed E-state index contributed by atoms with van der Waals surface area (Å²) in [6.45, 7) is 2.38. The first kappa shape index (κ1) is 22.3. The second kappa shape index (κ2) is 9.72. The van der Waals surface area contributed by atoms with E-state index in [1.54, 1.807) is 36.5 Å². The summed E-state index contributed by atoms with van der Waals surface area (Å²) in [5.74, 6) is -1.00. The zero-order valence-corrected chi connectivity index (χ0v) is 19.0. The molecule has 0 radical (unpaired) electrons. The van der Waals surface area contributed by atoms with Gasteiger partial charge in [0.1, 0.15) is 11.5 Å². The number of carbonyl (C=O) groups excluding carboxylic acids is 1. The zero-order valence-electron chi connectivity index (χ0n) is 17.5. The lowest BCUT2D eigenvalue weighted by Gasteiger charge is -2.18. The van der Waals surface area contributed by atoms with Crippen LogP contribution in [-0.2, 0) is 11.2 Å². The van der Waals surface area contributed by atoms with Gasteiger partial charge in [-0.2, -0.15) is 0 Å². The van der Waals surface area contributed by atoms with Crippen molar-refractivity contribution < 1.29 is 9.18 Å². The molecule has 2 aromatic carbocycles. The van der Waals surface area contributed by atoms with Gasteiger partial charge >= 0.3 is 0 Å². The molecule has 1 atom stereocenters. The Morgan fingerprint density at radius 1 is 1.16 bits per heavy atom. The fourth-order valence-corrected chi connectivity index (χ4v) is 4.38. The van der Waals surface area contributed by atoms with Crippen LogP contribution in [0.5, 0.6) is 0 Å². The summed E-state index contributed by atoms with van der Waals surface area (Å²) in [4.78, 5) is 17.4. The average molecular weight is 470 g/mol. The number of fused-ring (bicyclic) bond motifs is 1. The van der Waals surface area contributed by atoms with Crippen LogP contribution in [0.4, 0.5) is 4.39 Å². The summed E-state index contributed by atoms with van der Waals surface area (Å²) >= 11 is 12.2.